The normalized spacial score (nSPS) is 12.1. The number of aliphatic carboxylic acids is 1. The van der Waals surface area contributed by atoms with Crippen LogP contribution in [0.15, 0.2) is 28.7 Å². The fourth-order valence-corrected chi connectivity index (χ4v) is 3.60. The summed E-state index contributed by atoms with van der Waals surface area (Å²) in [5.74, 6) is 5.16. The minimum Gasteiger partial charge on any atom is -0.491 e. The lowest BCUT2D eigenvalue weighted by atomic mass is 10.2. The van der Waals surface area contributed by atoms with Crippen molar-refractivity contribution < 1.29 is 28.2 Å². The lowest BCUT2D eigenvalue weighted by molar-refractivity contribution is -0.137. The Morgan fingerprint density at radius 3 is 2.75 bits per heavy atom. The molecule has 1 atom stereocenters. The second kappa shape index (κ2) is 13.6. The first-order chi connectivity index (χ1) is 13.3. The van der Waals surface area contributed by atoms with E-state index in [9.17, 15) is 18.3 Å². The van der Waals surface area contributed by atoms with Gasteiger partial charge >= 0.3 is 5.97 Å². The van der Waals surface area contributed by atoms with Crippen molar-refractivity contribution in [2.24, 2.45) is 0 Å². The number of unbranched alkanes of at least 4 members (excludes halogenated alkanes) is 2. The molecule has 0 radical (unpaired) electrons. The third-order valence-corrected chi connectivity index (χ3v) is 5.54. The van der Waals surface area contributed by atoms with Gasteiger partial charge < -0.3 is 14.9 Å². The predicted molar refractivity (Wildman–Crippen MR) is 111 cm³/mol. The number of nitrogens with one attached hydrogen (secondary N) is 1. The molecule has 1 rings (SSSR count). The molecule has 9 heteroatoms. The van der Waals surface area contributed by atoms with Crippen LogP contribution in [0.5, 0.6) is 5.75 Å². The highest BCUT2D eigenvalue weighted by Crippen LogP contribution is 2.18. The van der Waals surface area contributed by atoms with Crippen LogP contribution >= 0.6 is 15.9 Å². The standard InChI is InChI=1S/C19H26BrNO6S/c20-16-8-7-10-18(14-16)27-15-17(22)9-4-6-13-28(25,26)21-12-5-2-1-3-11-19(23)24/h7-8,10,14,17,21-22H,1,3-4,6,9,11-13,15H2,(H,23,24). The Bertz CT molecular complexity index is 772. The summed E-state index contributed by atoms with van der Waals surface area (Å²) in [5, 5.41) is 18.4. The Kier molecular flexibility index (Phi) is 11.8. The number of carboxylic acids is 1. The molecule has 0 spiro atoms. The Labute approximate surface area is 174 Å². The number of carbonyl (C=O) groups is 1. The van der Waals surface area contributed by atoms with Gasteiger partial charge in [0.2, 0.25) is 10.0 Å². The molecule has 0 aliphatic carbocycles. The van der Waals surface area contributed by atoms with Gasteiger partial charge in [0.1, 0.15) is 12.4 Å². The number of sulfonamides is 1. The van der Waals surface area contributed by atoms with Gasteiger partial charge in [0.15, 0.2) is 0 Å². The van der Waals surface area contributed by atoms with Crippen LogP contribution in [0, 0.1) is 11.8 Å². The lowest BCUT2D eigenvalue weighted by Crippen LogP contribution is -2.27. The van der Waals surface area contributed by atoms with E-state index in [4.69, 9.17) is 9.84 Å². The first-order valence-electron chi connectivity index (χ1n) is 9.00. The smallest absolute Gasteiger partial charge is 0.303 e. The molecule has 1 aromatic rings. The molecule has 0 saturated heterocycles. The third kappa shape index (κ3) is 12.7. The number of benzene rings is 1. The summed E-state index contributed by atoms with van der Waals surface area (Å²) in [6, 6.07) is 7.32. The average Bonchev–Trinajstić information content (AvgIpc) is 2.62. The highest BCUT2D eigenvalue weighted by Gasteiger charge is 2.10. The summed E-state index contributed by atoms with van der Waals surface area (Å²) in [5.41, 5.74) is 0. The van der Waals surface area contributed by atoms with Crippen LogP contribution in [0.2, 0.25) is 0 Å². The molecule has 0 aliphatic heterocycles. The zero-order valence-corrected chi connectivity index (χ0v) is 18.0. The average molecular weight is 476 g/mol. The first kappa shape index (κ1) is 24.4. The number of halogens is 1. The highest BCUT2D eigenvalue weighted by atomic mass is 79.9. The number of aliphatic hydroxyl groups excluding tert-OH is 1. The molecule has 28 heavy (non-hydrogen) atoms. The van der Waals surface area contributed by atoms with E-state index in [1.165, 1.54) is 0 Å². The molecule has 0 saturated carbocycles. The molecule has 0 bridgehead atoms. The molecule has 0 aromatic heterocycles. The summed E-state index contributed by atoms with van der Waals surface area (Å²) in [6.07, 6.45) is 1.70. The van der Waals surface area contributed by atoms with Crippen LogP contribution in [0.1, 0.15) is 38.5 Å². The summed E-state index contributed by atoms with van der Waals surface area (Å²) >= 11 is 3.34. The van der Waals surface area contributed by atoms with Gasteiger partial charge in [-0.2, -0.15) is 0 Å². The van der Waals surface area contributed by atoms with Gasteiger partial charge in [-0.3, -0.25) is 4.79 Å². The van der Waals surface area contributed by atoms with Gasteiger partial charge in [0.05, 0.1) is 18.4 Å². The fourth-order valence-electron chi connectivity index (χ4n) is 2.20. The van der Waals surface area contributed by atoms with E-state index in [2.05, 4.69) is 32.5 Å². The number of hydrogen-bond donors (Lipinski definition) is 3. The Morgan fingerprint density at radius 1 is 1.25 bits per heavy atom. The maximum Gasteiger partial charge on any atom is 0.303 e. The van der Waals surface area contributed by atoms with Gasteiger partial charge in [-0.15, -0.1) is 5.92 Å². The summed E-state index contributed by atoms with van der Waals surface area (Å²) in [6.45, 7) is 0.164. The third-order valence-electron chi connectivity index (χ3n) is 3.64. The van der Waals surface area contributed by atoms with Crippen LogP contribution in [-0.2, 0) is 14.8 Å². The van der Waals surface area contributed by atoms with Gasteiger partial charge in [-0.05, 0) is 43.9 Å². The van der Waals surface area contributed by atoms with E-state index >= 15 is 0 Å². The van der Waals surface area contributed by atoms with Crippen molar-refractivity contribution in [3.63, 3.8) is 0 Å². The van der Waals surface area contributed by atoms with Crippen LogP contribution in [0.4, 0.5) is 0 Å². The monoisotopic (exact) mass is 475 g/mol. The zero-order chi connectivity index (χ0) is 20.8. The maximum absolute atomic E-state index is 11.8. The summed E-state index contributed by atoms with van der Waals surface area (Å²) < 4.78 is 32.5. The predicted octanol–water partition coefficient (Wildman–Crippen LogP) is 2.54. The topological polar surface area (TPSA) is 113 Å². The van der Waals surface area contributed by atoms with Gasteiger partial charge in [0.25, 0.3) is 0 Å². The molecule has 1 aromatic carbocycles. The van der Waals surface area contributed by atoms with E-state index in [-0.39, 0.29) is 25.3 Å². The molecule has 0 fully saturated rings. The Hall–Kier alpha value is -1.60. The van der Waals surface area contributed by atoms with Gasteiger partial charge in [-0.25, -0.2) is 13.1 Å². The van der Waals surface area contributed by atoms with Crippen molar-refractivity contribution in [1.82, 2.24) is 4.72 Å². The maximum atomic E-state index is 11.8. The van der Waals surface area contributed by atoms with Crippen molar-refractivity contribution in [2.45, 2.75) is 44.6 Å². The van der Waals surface area contributed by atoms with E-state index in [1.54, 1.807) is 12.1 Å². The second-order valence-electron chi connectivity index (χ2n) is 6.16. The Morgan fingerprint density at radius 2 is 2.04 bits per heavy atom. The fraction of sp³-hybridized carbons (Fsp3) is 0.526. The number of aliphatic hydroxyl groups is 1. The molecular weight excluding hydrogens is 450 g/mol. The van der Waals surface area contributed by atoms with Crippen molar-refractivity contribution in [3.05, 3.63) is 28.7 Å². The molecular formula is C19H26BrNO6S. The zero-order valence-electron chi connectivity index (χ0n) is 15.6. The Balaban J connectivity index is 2.13. The first-order valence-corrected chi connectivity index (χ1v) is 11.4. The summed E-state index contributed by atoms with van der Waals surface area (Å²) in [7, 11) is -3.41. The largest absolute Gasteiger partial charge is 0.491 e. The molecule has 156 valence electrons. The molecule has 0 heterocycles. The van der Waals surface area contributed by atoms with Crippen molar-refractivity contribution in [2.75, 3.05) is 18.9 Å². The molecule has 0 aliphatic rings. The molecule has 3 N–H and O–H groups in total. The van der Waals surface area contributed by atoms with E-state index in [0.29, 0.717) is 37.9 Å². The molecule has 0 amide bonds. The number of carboxylic acid groups (broad SMARTS) is 1. The minimum atomic E-state index is -3.41. The van der Waals surface area contributed by atoms with E-state index in [1.807, 2.05) is 12.1 Å². The highest BCUT2D eigenvalue weighted by molar-refractivity contribution is 9.10. The summed E-state index contributed by atoms with van der Waals surface area (Å²) in [4.78, 5) is 10.3. The number of rotatable bonds is 13. The number of ether oxygens (including phenoxy) is 1. The minimum absolute atomic E-state index is 0.0124. The van der Waals surface area contributed by atoms with Crippen LogP contribution in [0.3, 0.4) is 0 Å². The van der Waals surface area contributed by atoms with Gasteiger partial charge in [0, 0.05) is 17.3 Å². The quantitative estimate of drug-likeness (QED) is 0.298. The van der Waals surface area contributed by atoms with Crippen LogP contribution < -0.4 is 9.46 Å². The lowest BCUT2D eigenvalue weighted by Gasteiger charge is -2.12. The number of hydrogen-bond acceptors (Lipinski definition) is 5. The molecule has 7 nitrogen and oxygen atoms in total. The van der Waals surface area contributed by atoms with Crippen molar-refractivity contribution >= 4 is 31.9 Å². The van der Waals surface area contributed by atoms with Gasteiger partial charge in [-0.1, -0.05) is 27.9 Å². The van der Waals surface area contributed by atoms with Crippen molar-refractivity contribution in [3.8, 4) is 17.6 Å². The van der Waals surface area contributed by atoms with E-state index in [0.717, 1.165) is 4.47 Å². The van der Waals surface area contributed by atoms with Crippen LogP contribution in [0.25, 0.3) is 0 Å². The second-order valence-corrected chi connectivity index (χ2v) is 9.00. The van der Waals surface area contributed by atoms with Crippen LogP contribution in [-0.4, -0.2) is 49.6 Å². The van der Waals surface area contributed by atoms with E-state index < -0.39 is 22.1 Å². The van der Waals surface area contributed by atoms with Crippen molar-refractivity contribution in [1.29, 1.82) is 0 Å². The molecule has 1 unspecified atom stereocenters. The SMILES string of the molecule is O=C(O)CCCC#CCNS(=O)(=O)CCCCC(O)COc1cccc(Br)c1.